The van der Waals surface area contributed by atoms with E-state index < -0.39 is 12.1 Å². The molecular formula is C15H22BrN3O2. The first-order valence-corrected chi connectivity index (χ1v) is 7.70. The molecular weight excluding hydrogens is 334 g/mol. The van der Waals surface area contributed by atoms with Crippen LogP contribution in [0.5, 0.6) is 0 Å². The summed E-state index contributed by atoms with van der Waals surface area (Å²) in [5.41, 5.74) is 1.91. The Morgan fingerprint density at radius 2 is 1.90 bits per heavy atom. The summed E-state index contributed by atoms with van der Waals surface area (Å²) >= 11 is 3.43. The van der Waals surface area contributed by atoms with E-state index in [0.717, 1.165) is 15.7 Å². The van der Waals surface area contributed by atoms with Crippen molar-refractivity contribution in [3.8, 4) is 0 Å². The summed E-state index contributed by atoms with van der Waals surface area (Å²) in [6.45, 7) is 8.19. The molecule has 6 heteroatoms. The minimum absolute atomic E-state index is 0.340. The number of urea groups is 1. The fourth-order valence-corrected chi connectivity index (χ4v) is 1.86. The second-order valence-corrected chi connectivity index (χ2v) is 6.28. The number of hydrogen-bond acceptors (Lipinski definition) is 3. The lowest BCUT2D eigenvalue weighted by Gasteiger charge is -2.16. The molecule has 3 N–H and O–H groups in total. The van der Waals surface area contributed by atoms with E-state index in [1.54, 1.807) is 6.92 Å². The summed E-state index contributed by atoms with van der Waals surface area (Å²) in [6, 6.07) is 4.76. The van der Waals surface area contributed by atoms with Crippen LogP contribution in [0.1, 0.15) is 26.3 Å². The number of benzene rings is 1. The van der Waals surface area contributed by atoms with E-state index >= 15 is 0 Å². The smallest absolute Gasteiger partial charge is 0.321 e. The lowest BCUT2D eigenvalue weighted by atomic mass is 10.2. The molecule has 0 saturated carbocycles. The Morgan fingerprint density at radius 3 is 2.48 bits per heavy atom. The van der Waals surface area contributed by atoms with Gasteiger partial charge in [0, 0.05) is 16.7 Å². The third kappa shape index (κ3) is 6.16. The summed E-state index contributed by atoms with van der Waals surface area (Å²) in [5.74, 6) is -0.0241. The van der Waals surface area contributed by atoms with E-state index in [0.29, 0.717) is 12.5 Å². The predicted octanol–water partition coefficient (Wildman–Crippen LogP) is 3.04. The number of nitrogens with one attached hydrogen (secondary N) is 3. The third-order valence-electron chi connectivity index (χ3n) is 2.84. The van der Waals surface area contributed by atoms with Crippen LogP contribution in [0.25, 0.3) is 0 Å². The number of hydrogen-bond donors (Lipinski definition) is 3. The van der Waals surface area contributed by atoms with Crippen LogP contribution < -0.4 is 16.0 Å². The van der Waals surface area contributed by atoms with Gasteiger partial charge in [-0.3, -0.25) is 10.1 Å². The third-order valence-corrected chi connectivity index (χ3v) is 3.73. The molecule has 0 aromatic heterocycles. The molecule has 0 radical (unpaired) electrons. The van der Waals surface area contributed by atoms with E-state index in [2.05, 4.69) is 31.9 Å². The Bertz CT molecular complexity index is 518. The van der Waals surface area contributed by atoms with Crippen LogP contribution in [0.3, 0.4) is 0 Å². The number of anilines is 1. The van der Waals surface area contributed by atoms with Crippen LogP contribution in [-0.2, 0) is 4.79 Å². The molecule has 0 heterocycles. The molecule has 1 aromatic carbocycles. The van der Waals surface area contributed by atoms with E-state index in [1.165, 1.54) is 0 Å². The number of carbonyl (C=O) groups is 2. The number of carbonyl (C=O) groups excluding carboxylic acids is 2. The van der Waals surface area contributed by atoms with Crippen molar-refractivity contribution >= 4 is 33.6 Å². The highest BCUT2D eigenvalue weighted by Gasteiger charge is 2.15. The van der Waals surface area contributed by atoms with Crippen molar-refractivity contribution in [1.29, 1.82) is 0 Å². The first-order chi connectivity index (χ1) is 9.79. The topological polar surface area (TPSA) is 70.2 Å². The molecule has 0 aliphatic carbocycles. The van der Waals surface area contributed by atoms with E-state index in [1.807, 2.05) is 39.0 Å². The summed E-state index contributed by atoms with van der Waals surface area (Å²) < 4.78 is 1.01. The number of rotatable bonds is 5. The Hall–Kier alpha value is -1.56. The van der Waals surface area contributed by atoms with Crippen molar-refractivity contribution in [2.24, 2.45) is 5.92 Å². The van der Waals surface area contributed by atoms with Crippen LogP contribution in [0, 0.1) is 12.8 Å². The predicted molar refractivity (Wildman–Crippen MR) is 88.3 cm³/mol. The fourth-order valence-electron chi connectivity index (χ4n) is 1.61. The fraction of sp³-hybridized carbons (Fsp3) is 0.467. The molecule has 3 amide bonds. The molecule has 0 saturated heterocycles. The molecule has 1 rings (SSSR count). The Balaban J connectivity index is 2.50. The molecule has 1 aromatic rings. The van der Waals surface area contributed by atoms with Crippen LogP contribution in [-0.4, -0.2) is 24.5 Å². The quantitative estimate of drug-likeness (QED) is 0.760. The molecule has 116 valence electrons. The van der Waals surface area contributed by atoms with Gasteiger partial charge >= 0.3 is 6.03 Å². The summed E-state index contributed by atoms with van der Waals surface area (Å²) in [5, 5.41) is 8.03. The summed E-state index contributed by atoms with van der Waals surface area (Å²) in [6.07, 6.45) is 0. The second kappa shape index (κ2) is 8.02. The molecule has 1 unspecified atom stereocenters. The molecule has 0 fully saturated rings. The Labute approximate surface area is 134 Å². The van der Waals surface area contributed by atoms with Gasteiger partial charge in [0.2, 0.25) is 5.91 Å². The van der Waals surface area contributed by atoms with E-state index in [9.17, 15) is 9.59 Å². The lowest BCUT2D eigenvalue weighted by Crippen LogP contribution is -2.46. The SMILES string of the molecule is Cc1cc(NC(C)C(=O)NC(=O)NCC(C)C)ccc1Br. The highest BCUT2D eigenvalue weighted by atomic mass is 79.9. The van der Waals surface area contributed by atoms with Gasteiger partial charge < -0.3 is 10.6 Å². The Kier molecular flexibility index (Phi) is 6.68. The van der Waals surface area contributed by atoms with E-state index in [-0.39, 0.29) is 5.91 Å². The first kappa shape index (κ1) is 17.5. The van der Waals surface area contributed by atoms with Crippen LogP contribution in [0.4, 0.5) is 10.5 Å². The van der Waals surface area contributed by atoms with Crippen molar-refractivity contribution < 1.29 is 9.59 Å². The van der Waals surface area contributed by atoms with Gasteiger partial charge in [-0.1, -0.05) is 29.8 Å². The maximum atomic E-state index is 11.9. The van der Waals surface area contributed by atoms with Gasteiger partial charge in [-0.05, 0) is 43.5 Å². The van der Waals surface area contributed by atoms with Gasteiger partial charge in [0.1, 0.15) is 6.04 Å². The van der Waals surface area contributed by atoms with Crippen molar-refractivity contribution in [3.63, 3.8) is 0 Å². The van der Waals surface area contributed by atoms with Gasteiger partial charge in [-0.2, -0.15) is 0 Å². The average Bonchev–Trinajstić information content (AvgIpc) is 2.40. The average molecular weight is 356 g/mol. The van der Waals surface area contributed by atoms with Crippen molar-refractivity contribution in [3.05, 3.63) is 28.2 Å². The minimum atomic E-state index is -0.504. The second-order valence-electron chi connectivity index (χ2n) is 5.42. The highest BCUT2D eigenvalue weighted by Crippen LogP contribution is 2.20. The molecule has 1 atom stereocenters. The van der Waals surface area contributed by atoms with Crippen molar-refractivity contribution in [2.45, 2.75) is 33.7 Å². The molecule has 0 aliphatic heterocycles. The summed E-state index contributed by atoms with van der Waals surface area (Å²) in [4.78, 5) is 23.4. The molecule has 0 spiro atoms. The number of amides is 3. The van der Waals surface area contributed by atoms with Crippen LogP contribution in [0.15, 0.2) is 22.7 Å². The molecule has 21 heavy (non-hydrogen) atoms. The van der Waals surface area contributed by atoms with Gasteiger partial charge in [-0.15, -0.1) is 0 Å². The first-order valence-electron chi connectivity index (χ1n) is 6.91. The van der Waals surface area contributed by atoms with Gasteiger partial charge in [0.25, 0.3) is 0 Å². The minimum Gasteiger partial charge on any atom is -0.374 e. The zero-order chi connectivity index (χ0) is 16.0. The summed E-state index contributed by atoms with van der Waals surface area (Å²) in [7, 11) is 0. The zero-order valence-electron chi connectivity index (χ0n) is 12.8. The zero-order valence-corrected chi connectivity index (χ0v) is 14.4. The van der Waals surface area contributed by atoms with Crippen molar-refractivity contribution in [1.82, 2.24) is 10.6 Å². The molecule has 5 nitrogen and oxygen atoms in total. The number of aryl methyl sites for hydroxylation is 1. The largest absolute Gasteiger partial charge is 0.374 e. The Morgan fingerprint density at radius 1 is 1.24 bits per heavy atom. The monoisotopic (exact) mass is 355 g/mol. The molecule has 0 aliphatic rings. The van der Waals surface area contributed by atoms with Gasteiger partial charge in [0.15, 0.2) is 0 Å². The normalized spacial score (nSPS) is 11.9. The number of halogens is 1. The maximum absolute atomic E-state index is 11.9. The lowest BCUT2D eigenvalue weighted by molar-refractivity contribution is -0.120. The number of imide groups is 1. The maximum Gasteiger partial charge on any atom is 0.321 e. The highest BCUT2D eigenvalue weighted by molar-refractivity contribution is 9.10. The molecule has 0 bridgehead atoms. The standard InChI is InChI=1S/C15H22BrN3O2/c1-9(2)8-17-15(21)19-14(20)11(4)18-12-5-6-13(16)10(3)7-12/h5-7,9,11,18H,8H2,1-4H3,(H2,17,19,20,21). The van der Waals surface area contributed by atoms with Gasteiger partial charge in [-0.25, -0.2) is 4.79 Å². The van der Waals surface area contributed by atoms with E-state index in [4.69, 9.17) is 0 Å². The van der Waals surface area contributed by atoms with Gasteiger partial charge in [0.05, 0.1) is 0 Å². The van der Waals surface area contributed by atoms with Crippen LogP contribution >= 0.6 is 15.9 Å². The van der Waals surface area contributed by atoms with Crippen molar-refractivity contribution in [2.75, 3.05) is 11.9 Å². The van der Waals surface area contributed by atoms with Crippen LogP contribution in [0.2, 0.25) is 0 Å².